The van der Waals surface area contributed by atoms with Crippen LogP contribution in [0.25, 0.3) is 5.70 Å². The lowest BCUT2D eigenvalue weighted by atomic mass is 9.95. The predicted molar refractivity (Wildman–Crippen MR) is 83.1 cm³/mol. The van der Waals surface area contributed by atoms with Crippen LogP contribution in [0.1, 0.15) is 22.3 Å². The van der Waals surface area contributed by atoms with Gasteiger partial charge in [-0.1, -0.05) is 11.6 Å². The molecule has 1 aromatic carbocycles. The molecule has 106 valence electrons. The molecule has 0 saturated heterocycles. The lowest BCUT2D eigenvalue weighted by molar-refractivity contribution is 0.624. The molecule has 5 heteroatoms. The molecule has 0 unspecified atom stereocenters. The zero-order valence-corrected chi connectivity index (χ0v) is 12.2. The number of benzene rings is 1. The molecule has 0 aliphatic carbocycles. The molecule has 0 bridgehead atoms. The van der Waals surface area contributed by atoms with Gasteiger partial charge >= 0.3 is 0 Å². The van der Waals surface area contributed by atoms with Crippen molar-refractivity contribution in [2.75, 3.05) is 6.54 Å². The maximum atomic E-state index is 14.4. The van der Waals surface area contributed by atoms with E-state index in [0.717, 1.165) is 16.7 Å². The van der Waals surface area contributed by atoms with Crippen LogP contribution in [-0.2, 0) is 0 Å². The molecule has 0 radical (unpaired) electrons. The Kier molecular flexibility index (Phi) is 3.47. The number of rotatable bonds is 1. The van der Waals surface area contributed by atoms with Crippen LogP contribution in [0.15, 0.2) is 41.7 Å². The van der Waals surface area contributed by atoms with E-state index in [9.17, 15) is 4.39 Å². The first kappa shape index (κ1) is 13.8. The summed E-state index contributed by atoms with van der Waals surface area (Å²) in [6.07, 6.45) is 5.12. The molecule has 0 amide bonds. The first-order valence-corrected chi connectivity index (χ1v) is 6.86. The van der Waals surface area contributed by atoms with E-state index in [1.54, 1.807) is 30.6 Å². The molecule has 0 spiro atoms. The van der Waals surface area contributed by atoms with Crippen molar-refractivity contribution in [2.24, 2.45) is 10.7 Å². The zero-order chi connectivity index (χ0) is 15.0. The van der Waals surface area contributed by atoms with Crippen LogP contribution < -0.4 is 5.73 Å². The van der Waals surface area contributed by atoms with Crippen molar-refractivity contribution in [1.82, 2.24) is 4.98 Å². The molecular formula is C16H13ClFN3. The van der Waals surface area contributed by atoms with Crippen molar-refractivity contribution in [3.05, 3.63) is 69.8 Å². The summed E-state index contributed by atoms with van der Waals surface area (Å²) in [5, 5.41) is 0.371. The minimum atomic E-state index is -0.387. The standard InChI is InChI=1S/C16H13ClFN3/c1-9-6-10(17)7-13(18)15(9)16-11-2-4-20-8-12(11)14(19)3-5-21-16/h2-4,6-8H,5,19H2,1H3. The lowest BCUT2D eigenvalue weighted by Gasteiger charge is -2.13. The van der Waals surface area contributed by atoms with Crippen molar-refractivity contribution in [1.29, 1.82) is 0 Å². The van der Waals surface area contributed by atoms with E-state index in [4.69, 9.17) is 17.3 Å². The molecule has 21 heavy (non-hydrogen) atoms. The van der Waals surface area contributed by atoms with E-state index in [2.05, 4.69) is 9.98 Å². The molecular weight excluding hydrogens is 289 g/mol. The van der Waals surface area contributed by atoms with Gasteiger partial charge in [-0.15, -0.1) is 0 Å². The van der Waals surface area contributed by atoms with E-state index in [-0.39, 0.29) is 5.82 Å². The largest absolute Gasteiger partial charge is 0.398 e. The van der Waals surface area contributed by atoms with Gasteiger partial charge in [0, 0.05) is 39.8 Å². The summed E-state index contributed by atoms with van der Waals surface area (Å²) in [5.74, 6) is -0.387. The average Bonchev–Trinajstić information content (AvgIpc) is 2.59. The smallest absolute Gasteiger partial charge is 0.134 e. The van der Waals surface area contributed by atoms with E-state index in [1.807, 2.05) is 6.92 Å². The fourth-order valence-corrected chi connectivity index (χ4v) is 2.74. The Morgan fingerprint density at radius 3 is 2.86 bits per heavy atom. The molecule has 1 aromatic heterocycles. The molecule has 0 saturated carbocycles. The number of nitrogens with zero attached hydrogens (tertiary/aromatic N) is 2. The van der Waals surface area contributed by atoms with E-state index < -0.39 is 0 Å². The van der Waals surface area contributed by atoms with Gasteiger partial charge in [0.05, 0.1) is 12.3 Å². The quantitative estimate of drug-likeness (QED) is 0.878. The Balaban J connectivity index is 2.26. The molecule has 0 atom stereocenters. The molecule has 2 aromatic rings. The van der Waals surface area contributed by atoms with Crippen molar-refractivity contribution >= 4 is 23.0 Å². The van der Waals surface area contributed by atoms with Gasteiger partial charge < -0.3 is 5.73 Å². The number of fused-ring (bicyclic) bond motifs is 1. The minimum Gasteiger partial charge on any atom is -0.398 e. The number of hydrogen-bond donors (Lipinski definition) is 1. The third kappa shape index (κ3) is 2.43. The number of aromatic nitrogens is 1. The summed E-state index contributed by atoms with van der Waals surface area (Å²) in [7, 11) is 0. The monoisotopic (exact) mass is 301 g/mol. The Morgan fingerprint density at radius 1 is 1.29 bits per heavy atom. The Morgan fingerprint density at radius 2 is 2.10 bits per heavy atom. The third-order valence-electron chi connectivity index (χ3n) is 3.44. The second kappa shape index (κ2) is 5.30. The van der Waals surface area contributed by atoms with Gasteiger partial charge in [0.25, 0.3) is 0 Å². The van der Waals surface area contributed by atoms with Gasteiger partial charge in [0.1, 0.15) is 5.82 Å². The number of pyridine rings is 1. The van der Waals surface area contributed by atoms with Crippen molar-refractivity contribution < 1.29 is 4.39 Å². The number of aliphatic imine (C=N–C) groups is 1. The fourth-order valence-electron chi connectivity index (χ4n) is 2.48. The maximum absolute atomic E-state index is 14.4. The SMILES string of the molecule is Cc1cc(Cl)cc(F)c1C1=NCC=C(N)c2cnccc21. The average molecular weight is 302 g/mol. The highest BCUT2D eigenvalue weighted by Gasteiger charge is 2.20. The van der Waals surface area contributed by atoms with Crippen LogP contribution in [0.3, 0.4) is 0 Å². The molecule has 3 nitrogen and oxygen atoms in total. The molecule has 2 N–H and O–H groups in total. The second-order valence-electron chi connectivity index (χ2n) is 4.85. The highest BCUT2D eigenvalue weighted by molar-refractivity contribution is 6.31. The van der Waals surface area contributed by atoms with Crippen LogP contribution in [0, 0.1) is 12.7 Å². The molecule has 3 rings (SSSR count). The number of nitrogens with two attached hydrogens (primary N) is 1. The maximum Gasteiger partial charge on any atom is 0.134 e. The van der Waals surface area contributed by atoms with Gasteiger partial charge in [-0.05, 0) is 36.8 Å². The molecule has 1 aliphatic rings. The Bertz CT molecular complexity index is 758. The summed E-state index contributed by atoms with van der Waals surface area (Å²) in [5.41, 5.74) is 9.94. The Labute approximate surface area is 127 Å². The van der Waals surface area contributed by atoms with Crippen LogP contribution in [0.5, 0.6) is 0 Å². The van der Waals surface area contributed by atoms with Gasteiger partial charge in [0.2, 0.25) is 0 Å². The molecule has 1 aliphatic heterocycles. The van der Waals surface area contributed by atoms with E-state index in [0.29, 0.717) is 28.5 Å². The summed E-state index contributed by atoms with van der Waals surface area (Å²) in [6.45, 7) is 2.21. The zero-order valence-electron chi connectivity index (χ0n) is 11.4. The Hall–Kier alpha value is -2.20. The first-order valence-electron chi connectivity index (χ1n) is 6.49. The summed E-state index contributed by atoms with van der Waals surface area (Å²) >= 11 is 5.90. The highest BCUT2D eigenvalue weighted by atomic mass is 35.5. The van der Waals surface area contributed by atoms with Crippen molar-refractivity contribution in [2.45, 2.75) is 6.92 Å². The van der Waals surface area contributed by atoms with Crippen LogP contribution in [0.4, 0.5) is 4.39 Å². The first-order chi connectivity index (χ1) is 10.1. The van der Waals surface area contributed by atoms with Gasteiger partial charge in [-0.25, -0.2) is 4.39 Å². The topological polar surface area (TPSA) is 51.3 Å². The highest BCUT2D eigenvalue weighted by Crippen LogP contribution is 2.27. The van der Waals surface area contributed by atoms with Crippen LogP contribution in [-0.4, -0.2) is 17.2 Å². The minimum absolute atomic E-state index is 0.371. The van der Waals surface area contributed by atoms with Gasteiger partial charge in [0.15, 0.2) is 0 Å². The summed E-state index contributed by atoms with van der Waals surface area (Å²) in [6, 6.07) is 4.83. The van der Waals surface area contributed by atoms with Crippen LogP contribution in [0.2, 0.25) is 5.02 Å². The summed E-state index contributed by atoms with van der Waals surface area (Å²) < 4.78 is 14.4. The molecule has 0 fully saturated rings. The van der Waals surface area contributed by atoms with Crippen molar-refractivity contribution in [3.8, 4) is 0 Å². The van der Waals surface area contributed by atoms with Gasteiger partial charge in [-0.3, -0.25) is 9.98 Å². The van der Waals surface area contributed by atoms with E-state index >= 15 is 0 Å². The van der Waals surface area contributed by atoms with Crippen molar-refractivity contribution in [3.63, 3.8) is 0 Å². The van der Waals surface area contributed by atoms with E-state index in [1.165, 1.54) is 6.07 Å². The van der Waals surface area contributed by atoms with Crippen LogP contribution >= 0.6 is 11.6 Å². The normalized spacial score (nSPS) is 14.0. The fraction of sp³-hybridized carbons (Fsp3) is 0.125. The second-order valence-corrected chi connectivity index (χ2v) is 5.29. The molecule has 2 heterocycles. The summed E-state index contributed by atoms with van der Waals surface area (Å²) in [4.78, 5) is 8.57. The number of hydrogen-bond acceptors (Lipinski definition) is 3. The predicted octanol–water partition coefficient (Wildman–Crippen LogP) is 3.33. The van der Waals surface area contributed by atoms with Gasteiger partial charge in [-0.2, -0.15) is 0 Å². The lowest BCUT2D eigenvalue weighted by Crippen LogP contribution is -2.12. The number of aryl methyl sites for hydroxylation is 1. The third-order valence-corrected chi connectivity index (χ3v) is 3.65. The number of halogens is 2.